The molecule has 0 aliphatic heterocycles. The second-order valence-corrected chi connectivity index (χ2v) is 6.20. The topological polar surface area (TPSA) is 9.23 Å². The van der Waals surface area contributed by atoms with Gasteiger partial charge in [0.25, 0.3) is 0 Å². The molecule has 1 saturated carbocycles. The van der Waals surface area contributed by atoms with Crippen LogP contribution in [-0.4, -0.2) is 7.11 Å². The van der Waals surface area contributed by atoms with E-state index in [-0.39, 0.29) is 10.6 Å². The first-order valence-electron chi connectivity index (χ1n) is 6.68. The minimum Gasteiger partial charge on any atom is -0.497 e. The molecule has 0 amide bonds. The summed E-state index contributed by atoms with van der Waals surface area (Å²) in [5.74, 6) is 1.14. The molecule has 0 radical (unpaired) electrons. The van der Waals surface area contributed by atoms with Gasteiger partial charge in [-0.05, 0) is 18.4 Å². The van der Waals surface area contributed by atoms with E-state index in [0.29, 0.717) is 5.75 Å². The summed E-state index contributed by atoms with van der Waals surface area (Å²) in [6.45, 7) is 0. The van der Waals surface area contributed by atoms with Crippen molar-refractivity contribution in [1.82, 2.24) is 0 Å². The van der Waals surface area contributed by atoms with Crippen molar-refractivity contribution >= 4 is 15.9 Å². The summed E-state index contributed by atoms with van der Waals surface area (Å²) >= 11 is 3.64. The van der Waals surface area contributed by atoms with E-state index in [1.807, 2.05) is 12.1 Å². The van der Waals surface area contributed by atoms with Crippen molar-refractivity contribution in [2.24, 2.45) is 5.92 Å². The van der Waals surface area contributed by atoms with Crippen LogP contribution < -0.4 is 4.74 Å². The maximum Gasteiger partial charge on any atom is 0.131 e. The van der Waals surface area contributed by atoms with Gasteiger partial charge in [-0.25, -0.2) is 4.39 Å². The molecule has 1 aliphatic rings. The Bertz CT molecular complexity index is 388. The monoisotopic (exact) mass is 314 g/mol. The predicted octanol–water partition coefficient (Wildman–Crippen LogP) is 5.24. The molecule has 3 heteroatoms. The number of rotatable bonds is 4. The highest BCUT2D eigenvalue weighted by Crippen LogP contribution is 2.37. The zero-order chi connectivity index (χ0) is 13.0. The van der Waals surface area contributed by atoms with Crippen molar-refractivity contribution in [2.45, 2.75) is 43.4 Å². The summed E-state index contributed by atoms with van der Waals surface area (Å²) in [5.41, 5.74) is 0.751. The lowest BCUT2D eigenvalue weighted by Gasteiger charge is -2.24. The minimum atomic E-state index is -0.174. The minimum absolute atomic E-state index is 0.117. The largest absolute Gasteiger partial charge is 0.497 e. The maximum atomic E-state index is 13.9. The number of alkyl halides is 1. The molecule has 1 aromatic rings. The molecule has 0 aromatic heterocycles. The van der Waals surface area contributed by atoms with Gasteiger partial charge in [0.15, 0.2) is 0 Å². The quantitative estimate of drug-likeness (QED) is 0.690. The Balaban J connectivity index is 2.01. The molecule has 0 saturated heterocycles. The Hall–Kier alpha value is -0.570. The van der Waals surface area contributed by atoms with Crippen LogP contribution in [0.3, 0.4) is 0 Å². The molecule has 1 nitrogen and oxygen atoms in total. The van der Waals surface area contributed by atoms with E-state index in [2.05, 4.69) is 15.9 Å². The first kappa shape index (κ1) is 13.9. The molecule has 18 heavy (non-hydrogen) atoms. The molecular formula is C15H20BrFO. The van der Waals surface area contributed by atoms with Crippen LogP contribution in [0.25, 0.3) is 0 Å². The molecule has 2 rings (SSSR count). The average molecular weight is 315 g/mol. The fourth-order valence-corrected chi connectivity index (χ4v) is 3.63. The Morgan fingerprint density at radius 3 is 2.67 bits per heavy atom. The van der Waals surface area contributed by atoms with Crippen LogP contribution in [-0.2, 0) is 0 Å². The van der Waals surface area contributed by atoms with Gasteiger partial charge in [0.05, 0.1) is 7.11 Å². The van der Waals surface area contributed by atoms with Crippen LogP contribution in [0.5, 0.6) is 5.75 Å². The van der Waals surface area contributed by atoms with Crippen molar-refractivity contribution in [3.05, 3.63) is 29.6 Å². The van der Waals surface area contributed by atoms with Gasteiger partial charge in [0.1, 0.15) is 11.6 Å². The van der Waals surface area contributed by atoms with Crippen molar-refractivity contribution in [3.63, 3.8) is 0 Å². The first-order chi connectivity index (χ1) is 8.70. The van der Waals surface area contributed by atoms with Crippen molar-refractivity contribution in [3.8, 4) is 5.75 Å². The molecule has 1 atom stereocenters. The highest BCUT2D eigenvalue weighted by atomic mass is 79.9. The molecule has 1 aliphatic carbocycles. The van der Waals surface area contributed by atoms with Gasteiger partial charge in [-0.1, -0.05) is 54.1 Å². The van der Waals surface area contributed by atoms with E-state index in [0.717, 1.165) is 17.9 Å². The van der Waals surface area contributed by atoms with E-state index in [1.54, 1.807) is 7.11 Å². The molecule has 100 valence electrons. The average Bonchev–Trinajstić information content (AvgIpc) is 2.39. The van der Waals surface area contributed by atoms with Crippen molar-refractivity contribution in [2.75, 3.05) is 7.11 Å². The fraction of sp³-hybridized carbons (Fsp3) is 0.600. The third-order valence-electron chi connectivity index (χ3n) is 3.81. The van der Waals surface area contributed by atoms with Crippen LogP contribution in [0.2, 0.25) is 0 Å². The van der Waals surface area contributed by atoms with Gasteiger partial charge in [-0.2, -0.15) is 0 Å². The number of hydrogen-bond donors (Lipinski definition) is 0. The normalized spacial score (nSPS) is 18.6. The van der Waals surface area contributed by atoms with Crippen molar-refractivity contribution < 1.29 is 9.13 Å². The van der Waals surface area contributed by atoms with Gasteiger partial charge in [0, 0.05) is 16.5 Å². The maximum absolute atomic E-state index is 13.9. The van der Waals surface area contributed by atoms with Gasteiger partial charge >= 0.3 is 0 Å². The molecule has 0 heterocycles. The highest BCUT2D eigenvalue weighted by molar-refractivity contribution is 9.09. The predicted molar refractivity (Wildman–Crippen MR) is 75.8 cm³/mol. The Morgan fingerprint density at radius 1 is 1.33 bits per heavy atom. The summed E-state index contributed by atoms with van der Waals surface area (Å²) in [6, 6.07) is 5.12. The molecule has 1 aromatic carbocycles. The first-order valence-corrected chi connectivity index (χ1v) is 7.59. The van der Waals surface area contributed by atoms with Gasteiger partial charge in [-0.15, -0.1) is 0 Å². The Labute approximate surface area is 117 Å². The Morgan fingerprint density at radius 2 is 2.06 bits per heavy atom. The number of halogens is 2. The van der Waals surface area contributed by atoms with E-state index < -0.39 is 0 Å². The lowest BCUT2D eigenvalue weighted by molar-refractivity contribution is 0.337. The summed E-state index contributed by atoms with van der Waals surface area (Å²) in [4.78, 5) is 0.117. The summed E-state index contributed by atoms with van der Waals surface area (Å²) in [5, 5.41) is 0. The standard InChI is InChI=1S/C15H20BrFO/c1-18-12-7-8-13(15(17)10-12)14(16)9-11-5-3-2-4-6-11/h7-8,10-11,14H,2-6,9H2,1H3. The van der Waals surface area contributed by atoms with E-state index in [1.165, 1.54) is 38.2 Å². The SMILES string of the molecule is COc1ccc(C(Br)CC2CCCCC2)c(F)c1. The molecule has 1 unspecified atom stereocenters. The number of methoxy groups -OCH3 is 1. The van der Waals surface area contributed by atoms with Crippen LogP contribution in [0.15, 0.2) is 18.2 Å². The van der Waals surface area contributed by atoms with Gasteiger partial charge in [-0.3, -0.25) is 0 Å². The van der Waals surface area contributed by atoms with Gasteiger partial charge < -0.3 is 4.74 Å². The second kappa shape index (κ2) is 6.55. The highest BCUT2D eigenvalue weighted by Gasteiger charge is 2.20. The molecule has 0 N–H and O–H groups in total. The van der Waals surface area contributed by atoms with E-state index >= 15 is 0 Å². The fourth-order valence-electron chi connectivity index (χ4n) is 2.73. The van der Waals surface area contributed by atoms with Crippen LogP contribution in [0.1, 0.15) is 48.9 Å². The third-order valence-corrected chi connectivity index (χ3v) is 4.68. The summed E-state index contributed by atoms with van der Waals surface area (Å²) in [6.07, 6.45) is 7.63. The van der Waals surface area contributed by atoms with E-state index in [4.69, 9.17) is 4.74 Å². The molecule has 1 fully saturated rings. The van der Waals surface area contributed by atoms with Gasteiger partial charge in [0.2, 0.25) is 0 Å². The smallest absolute Gasteiger partial charge is 0.131 e. The van der Waals surface area contributed by atoms with Crippen LogP contribution in [0, 0.1) is 11.7 Å². The lowest BCUT2D eigenvalue weighted by atomic mass is 9.85. The lowest BCUT2D eigenvalue weighted by Crippen LogP contribution is -2.09. The number of benzene rings is 1. The molecule has 0 spiro atoms. The number of ether oxygens (including phenoxy) is 1. The van der Waals surface area contributed by atoms with Crippen LogP contribution >= 0.6 is 15.9 Å². The Kier molecular flexibility index (Phi) is 5.04. The second-order valence-electron chi connectivity index (χ2n) is 5.09. The molecule has 0 bridgehead atoms. The van der Waals surface area contributed by atoms with Crippen molar-refractivity contribution in [1.29, 1.82) is 0 Å². The molecular weight excluding hydrogens is 295 g/mol. The number of hydrogen-bond acceptors (Lipinski definition) is 1. The van der Waals surface area contributed by atoms with Crippen LogP contribution in [0.4, 0.5) is 4.39 Å². The summed E-state index contributed by atoms with van der Waals surface area (Å²) in [7, 11) is 1.56. The zero-order valence-electron chi connectivity index (χ0n) is 10.8. The third kappa shape index (κ3) is 3.47. The zero-order valence-corrected chi connectivity index (χ0v) is 12.4. The van der Waals surface area contributed by atoms with E-state index in [9.17, 15) is 4.39 Å². The summed E-state index contributed by atoms with van der Waals surface area (Å²) < 4.78 is 19.0.